The molecular weight excluding hydrogens is 388 g/mol. The topological polar surface area (TPSA) is 66.9 Å². The molecule has 7 heteroatoms. The van der Waals surface area contributed by atoms with Gasteiger partial charge in [-0.3, -0.25) is 14.4 Å². The van der Waals surface area contributed by atoms with Crippen LogP contribution in [0.25, 0.3) is 0 Å². The van der Waals surface area contributed by atoms with E-state index in [1.54, 1.807) is 36.3 Å². The molecule has 0 spiro atoms. The summed E-state index contributed by atoms with van der Waals surface area (Å²) in [5.41, 5.74) is 2.58. The number of carbonyl (C=O) groups is 3. The van der Waals surface area contributed by atoms with E-state index < -0.39 is 5.25 Å². The number of hydrogen-bond acceptors (Lipinski definition) is 5. The Bertz CT molecular complexity index is 947. The number of benzene rings is 2. The lowest BCUT2D eigenvalue weighted by molar-refractivity contribution is -0.121. The minimum Gasteiger partial charge on any atom is -0.497 e. The third-order valence-corrected chi connectivity index (χ3v) is 6.42. The molecule has 0 aliphatic carbocycles. The number of rotatable bonds is 5. The molecule has 0 radical (unpaired) electrons. The van der Waals surface area contributed by atoms with Gasteiger partial charge in [0.25, 0.3) is 0 Å². The van der Waals surface area contributed by atoms with Gasteiger partial charge in [-0.15, -0.1) is 11.8 Å². The van der Waals surface area contributed by atoms with Crippen LogP contribution in [0, 0.1) is 0 Å². The van der Waals surface area contributed by atoms with E-state index in [-0.39, 0.29) is 29.9 Å². The first-order valence-corrected chi connectivity index (χ1v) is 10.6. The summed E-state index contributed by atoms with van der Waals surface area (Å²) in [5, 5.41) is -0.521. The number of carbonyl (C=O) groups excluding carboxylic acids is 3. The second-order valence-electron chi connectivity index (χ2n) is 7.05. The molecule has 1 saturated heterocycles. The number of para-hydroxylation sites is 1. The van der Waals surface area contributed by atoms with Crippen LogP contribution in [0.5, 0.6) is 5.75 Å². The van der Waals surface area contributed by atoms with Crippen LogP contribution in [-0.2, 0) is 20.8 Å². The average molecular weight is 410 g/mol. The molecule has 4 rings (SSSR count). The van der Waals surface area contributed by atoms with E-state index in [1.807, 2.05) is 24.3 Å². The average Bonchev–Trinajstić information content (AvgIpc) is 3.04. The normalized spacial score (nSPS) is 18.7. The monoisotopic (exact) mass is 410 g/mol. The van der Waals surface area contributed by atoms with Crippen LogP contribution in [-0.4, -0.2) is 42.4 Å². The van der Waals surface area contributed by atoms with E-state index in [2.05, 4.69) is 0 Å². The molecule has 0 aromatic heterocycles. The van der Waals surface area contributed by atoms with Gasteiger partial charge in [-0.25, -0.2) is 4.90 Å². The van der Waals surface area contributed by atoms with Crippen molar-refractivity contribution < 1.29 is 19.1 Å². The van der Waals surface area contributed by atoms with Gasteiger partial charge in [0.15, 0.2) is 0 Å². The molecule has 0 bridgehead atoms. The summed E-state index contributed by atoms with van der Waals surface area (Å²) in [6, 6.07) is 14.7. The minimum absolute atomic E-state index is 0.0421. The number of nitrogens with zero attached hydrogens (tertiary/aromatic N) is 2. The fourth-order valence-electron chi connectivity index (χ4n) is 3.79. The van der Waals surface area contributed by atoms with Crippen LogP contribution in [0.2, 0.25) is 0 Å². The van der Waals surface area contributed by atoms with Crippen LogP contribution >= 0.6 is 11.8 Å². The SMILES string of the molecule is COc1ccc2c(c1)CCCN2C(=O)CS[C@@H]1CC(=O)N(c2ccccc2)C1=O. The Morgan fingerprint density at radius 1 is 1.17 bits per heavy atom. The summed E-state index contributed by atoms with van der Waals surface area (Å²) in [5.74, 6) is 0.435. The van der Waals surface area contributed by atoms with Crippen molar-refractivity contribution in [3.8, 4) is 5.75 Å². The minimum atomic E-state index is -0.521. The number of aryl methyl sites for hydroxylation is 1. The van der Waals surface area contributed by atoms with Crippen molar-refractivity contribution in [3.63, 3.8) is 0 Å². The second-order valence-corrected chi connectivity index (χ2v) is 8.24. The van der Waals surface area contributed by atoms with Crippen LogP contribution in [0.3, 0.4) is 0 Å². The molecule has 2 heterocycles. The standard InChI is InChI=1S/C22H22N2O4S/c1-28-17-9-10-18-15(12-17)6-5-11-23(18)21(26)14-29-19-13-20(25)24(22(19)27)16-7-3-2-4-8-16/h2-4,7-10,12,19H,5-6,11,13-14H2,1H3/t19-/m1/s1. The molecule has 2 aliphatic heterocycles. The summed E-state index contributed by atoms with van der Waals surface area (Å²) < 4.78 is 5.28. The molecule has 1 fully saturated rings. The molecule has 0 unspecified atom stereocenters. The van der Waals surface area contributed by atoms with Crippen molar-refractivity contribution in [1.29, 1.82) is 0 Å². The molecule has 2 aromatic rings. The van der Waals surface area contributed by atoms with Gasteiger partial charge in [0, 0.05) is 18.7 Å². The lowest BCUT2D eigenvalue weighted by Crippen LogP contribution is -2.37. The fourth-order valence-corrected chi connectivity index (χ4v) is 4.80. The van der Waals surface area contributed by atoms with Crippen LogP contribution in [0.4, 0.5) is 11.4 Å². The third kappa shape index (κ3) is 3.87. The number of hydrogen-bond donors (Lipinski definition) is 0. The lowest BCUT2D eigenvalue weighted by atomic mass is 10.0. The van der Waals surface area contributed by atoms with Gasteiger partial charge in [0.05, 0.1) is 23.8 Å². The van der Waals surface area contributed by atoms with Crippen molar-refractivity contribution in [3.05, 3.63) is 54.1 Å². The molecule has 0 saturated carbocycles. The Labute approximate surface area is 173 Å². The molecule has 1 atom stereocenters. The Morgan fingerprint density at radius 3 is 2.72 bits per heavy atom. The Morgan fingerprint density at radius 2 is 1.97 bits per heavy atom. The maximum Gasteiger partial charge on any atom is 0.247 e. The first kappa shape index (κ1) is 19.5. The lowest BCUT2D eigenvalue weighted by Gasteiger charge is -2.30. The Hall–Kier alpha value is -2.80. The van der Waals surface area contributed by atoms with Crippen molar-refractivity contribution in [1.82, 2.24) is 0 Å². The summed E-state index contributed by atoms with van der Waals surface area (Å²) >= 11 is 1.25. The largest absolute Gasteiger partial charge is 0.497 e. The predicted octanol–water partition coefficient (Wildman–Crippen LogP) is 3.04. The van der Waals surface area contributed by atoms with E-state index in [1.165, 1.54) is 16.7 Å². The third-order valence-electron chi connectivity index (χ3n) is 5.23. The van der Waals surface area contributed by atoms with E-state index >= 15 is 0 Å². The Balaban J connectivity index is 1.42. The van der Waals surface area contributed by atoms with Crippen LogP contribution < -0.4 is 14.5 Å². The van der Waals surface area contributed by atoms with E-state index in [9.17, 15) is 14.4 Å². The zero-order chi connectivity index (χ0) is 20.4. The smallest absolute Gasteiger partial charge is 0.247 e. The second kappa shape index (κ2) is 8.29. The molecular formula is C22H22N2O4S. The number of amides is 3. The number of anilines is 2. The van der Waals surface area contributed by atoms with Gasteiger partial charge in [-0.05, 0) is 48.7 Å². The van der Waals surface area contributed by atoms with E-state index in [4.69, 9.17) is 4.74 Å². The summed E-state index contributed by atoms with van der Waals surface area (Å²) in [6.45, 7) is 0.659. The number of fused-ring (bicyclic) bond motifs is 1. The van der Waals surface area contributed by atoms with Crippen molar-refractivity contribution in [2.45, 2.75) is 24.5 Å². The molecule has 29 heavy (non-hydrogen) atoms. The molecule has 2 aliphatic rings. The van der Waals surface area contributed by atoms with E-state index in [0.29, 0.717) is 12.2 Å². The first-order valence-electron chi connectivity index (χ1n) is 9.59. The van der Waals surface area contributed by atoms with Gasteiger partial charge in [-0.1, -0.05) is 18.2 Å². The summed E-state index contributed by atoms with van der Waals surface area (Å²) in [6.07, 6.45) is 1.92. The van der Waals surface area contributed by atoms with Gasteiger partial charge in [-0.2, -0.15) is 0 Å². The van der Waals surface area contributed by atoms with Crippen molar-refractivity contribution >= 4 is 40.9 Å². The number of thioether (sulfide) groups is 1. The summed E-state index contributed by atoms with van der Waals surface area (Å²) in [7, 11) is 1.63. The molecule has 0 N–H and O–H groups in total. The van der Waals surface area contributed by atoms with Crippen LogP contribution in [0.15, 0.2) is 48.5 Å². The quantitative estimate of drug-likeness (QED) is 0.709. The highest BCUT2D eigenvalue weighted by Gasteiger charge is 2.40. The van der Waals surface area contributed by atoms with Crippen LogP contribution in [0.1, 0.15) is 18.4 Å². The molecule has 2 aromatic carbocycles. The van der Waals surface area contributed by atoms with Gasteiger partial charge >= 0.3 is 0 Å². The summed E-state index contributed by atoms with van der Waals surface area (Å²) in [4.78, 5) is 41.0. The fraction of sp³-hybridized carbons (Fsp3) is 0.318. The highest BCUT2D eigenvalue weighted by atomic mass is 32.2. The van der Waals surface area contributed by atoms with Gasteiger partial charge < -0.3 is 9.64 Å². The molecule has 3 amide bonds. The number of imide groups is 1. The highest BCUT2D eigenvalue weighted by molar-refractivity contribution is 8.01. The highest BCUT2D eigenvalue weighted by Crippen LogP contribution is 2.33. The zero-order valence-electron chi connectivity index (χ0n) is 16.2. The Kier molecular flexibility index (Phi) is 5.58. The molecule has 6 nitrogen and oxygen atoms in total. The first-order chi connectivity index (χ1) is 14.1. The van der Waals surface area contributed by atoms with E-state index in [0.717, 1.165) is 29.8 Å². The van der Waals surface area contributed by atoms with Gasteiger partial charge in [0.1, 0.15) is 5.75 Å². The maximum absolute atomic E-state index is 12.9. The predicted molar refractivity (Wildman–Crippen MR) is 113 cm³/mol. The maximum atomic E-state index is 12.9. The van der Waals surface area contributed by atoms with Crippen molar-refractivity contribution in [2.24, 2.45) is 0 Å². The zero-order valence-corrected chi connectivity index (χ0v) is 17.0. The number of methoxy groups -OCH3 is 1. The van der Waals surface area contributed by atoms with Gasteiger partial charge in [0.2, 0.25) is 17.7 Å². The molecule has 150 valence electrons. The number of ether oxygens (including phenoxy) is 1. The van der Waals surface area contributed by atoms with Crippen molar-refractivity contribution in [2.75, 3.05) is 29.2 Å².